The van der Waals surface area contributed by atoms with Gasteiger partial charge >= 0.3 is 0 Å². The molecule has 0 spiro atoms. The van der Waals surface area contributed by atoms with Crippen molar-refractivity contribution in [2.75, 3.05) is 0 Å². The fourth-order valence-electron chi connectivity index (χ4n) is 1.71. The van der Waals surface area contributed by atoms with E-state index in [9.17, 15) is 4.79 Å². The Kier molecular flexibility index (Phi) is 3.28. The molecule has 3 heteroatoms. The quantitative estimate of drug-likeness (QED) is 0.755. The van der Waals surface area contributed by atoms with Crippen LogP contribution in [0.1, 0.15) is 27.3 Å². The van der Waals surface area contributed by atoms with Crippen molar-refractivity contribution in [2.24, 2.45) is 0 Å². The van der Waals surface area contributed by atoms with Crippen LogP contribution in [0.4, 0.5) is 0 Å². The Morgan fingerprint density at radius 2 is 1.82 bits per heavy atom. The lowest BCUT2D eigenvalue weighted by molar-refractivity contribution is 0.0991. The Morgan fingerprint density at radius 3 is 2.53 bits per heavy atom. The fraction of sp³-hybridized carbons (Fsp3) is 0.214. The topological polar surface area (TPSA) is 42.9 Å². The van der Waals surface area contributed by atoms with Crippen molar-refractivity contribution in [3.05, 3.63) is 58.9 Å². The van der Waals surface area contributed by atoms with Crippen molar-refractivity contribution in [2.45, 2.75) is 20.3 Å². The molecule has 0 saturated carbocycles. The van der Waals surface area contributed by atoms with E-state index in [1.54, 1.807) is 6.07 Å². The van der Waals surface area contributed by atoms with Gasteiger partial charge in [-0.05, 0) is 25.5 Å². The highest BCUT2D eigenvalue weighted by atomic mass is 16.1. The van der Waals surface area contributed by atoms with Crippen molar-refractivity contribution >= 4 is 5.78 Å². The second-order valence-electron chi connectivity index (χ2n) is 4.07. The number of aryl methyl sites for hydroxylation is 2. The molecule has 0 atom stereocenters. The molecule has 17 heavy (non-hydrogen) atoms. The monoisotopic (exact) mass is 226 g/mol. The Hall–Kier alpha value is -2.03. The largest absolute Gasteiger partial charge is 0.294 e. The number of carbonyl (C=O) groups excluding carboxylic acids is 1. The smallest absolute Gasteiger partial charge is 0.169 e. The van der Waals surface area contributed by atoms with E-state index in [1.807, 2.05) is 44.2 Å². The van der Waals surface area contributed by atoms with Crippen LogP contribution in [0, 0.1) is 13.8 Å². The lowest BCUT2D eigenvalue weighted by Gasteiger charge is -2.04. The number of benzene rings is 1. The Labute approximate surface area is 101 Å². The summed E-state index contributed by atoms with van der Waals surface area (Å²) < 4.78 is 0. The maximum atomic E-state index is 12.1. The molecule has 0 radical (unpaired) electrons. The minimum atomic E-state index is 0.0895. The third-order valence-electron chi connectivity index (χ3n) is 2.61. The van der Waals surface area contributed by atoms with Crippen molar-refractivity contribution in [3.8, 4) is 0 Å². The van der Waals surface area contributed by atoms with Crippen LogP contribution in [0.25, 0.3) is 0 Å². The molecule has 0 aliphatic rings. The Morgan fingerprint density at radius 1 is 1.12 bits per heavy atom. The minimum Gasteiger partial charge on any atom is -0.294 e. The van der Waals surface area contributed by atoms with E-state index in [0.717, 1.165) is 11.3 Å². The predicted octanol–water partition coefficient (Wildman–Crippen LogP) is 2.52. The van der Waals surface area contributed by atoms with Gasteiger partial charge in [-0.2, -0.15) is 10.2 Å². The maximum absolute atomic E-state index is 12.1. The Bertz CT molecular complexity index is 535. The molecule has 1 aromatic heterocycles. The number of carbonyl (C=O) groups is 1. The van der Waals surface area contributed by atoms with E-state index in [0.29, 0.717) is 17.7 Å². The Balaban J connectivity index is 2.23. The molecule has 2 rings (SSSR count). The summed E-state index contributed by atoms with van der Waals surface area (Å²) in [6, 6.07) is 11.5. The lowest BCUT2D eigenvalue weighted by atomic mass is 10.0. The number of rotatable bonds is 3. The van der Waals surface area contributed by atoms with Crippen molar-refractivity contribution < 1.29 is 4.79 Å². The van der Waals surface area contributed by atoms with Gasteiger partial charge in [0.25, 0.3) is 0 Å². The zero-order valence-electron chi connectivity index (χ0n) is 9.97. The van der Waals surface area contributed by atoms with E-state index in [4.69, 9.17) is 0 Å². The van der Waals surface area contributed by atoms with Gasteiger partial charge < -0.3 is 0 Å². The van der Waals surface area contributed by atoms with Crippen molar-refractivity contribution in [1.82, 2.24) is 10.2 Å². The molecule has 0 saturated heterocycles. The van der Waals surface area contributed by atoms with Crippen LogP contribution in [-0.2, 0) is 6.42 Å². The number of nitrogens with zero attached hydrogens (tertiary/aromatic N) is 2. The summed E-state index contributed by atoms with van der Waals surface area (Å²) in [4.78, 5) is 12.1. The van der Waals surface area contributed by atoms with Gasteiger partial charge in [0, 0.05) is 12.0 Å². The van der Waals surface area contributed by atoms with E-state index in [1.165, 1.54) is 0 Å². The second-order valence-corrected chi connectivity index (χ2v) is 4.07. The van der Waals surface area contributed by atoms with E-state index in [-0.39, 0.29) is 5.78 Å². The molecule has 1 heterocycles. The average Bonchev–Trinajstić information content (AvgIpc) is 2.33. The molecule has 1 aromatic carbocycles. The van der Waals surface area contributed by atoms with Gasteiger partial charge in [-0.15, -0.1) is 0 Å². The molecular formula is C14H14N2O. The van der Waals surface area contributed by atoms with Gasteiger partial charge in [0.05, 0.1) is 11.4 Å². The standard InChI is InChI=1S/C14H14N2O/c1-10-8-13(11(2)16-15-10)14(17)9-12-6-4-3-5-7-12/h3-8H,9H2,1-2H3. The number of hydrogen-bond donors (Lipinski definition) is 0. The molecule has 2 aromatic rings. The van der Waals surface area contributed by atoms with Crippen LogP contribution in [0.5, 0.6) is 0 Å². The van der Waals surface area contributed by atoms with Gasteiger partial charge in [0.1, 0.15) is 0 Å². The first-order valence-electron chi connectivity index (χ1n) is 5.55. The maximum Gasteiger partial charge on any atom is 0.169 e. The SMILES string of the molecule is Cc1cc(C(=O)Cc2ccccc2)c(C)nn1. The van der Waals surface area contributed by atoms with Gasteiger partial charge in [-0.25, -0.2) is 0 Å². The number of ketones is 1. The minimum absolute atomic E-state index is 0.0895. The zero-order chi connectivity index (χ0) is 12.3. The van der Waals surface area contributed by atoms with Crippen LogP contribution in [0.2, 0.25) is 0 Å². The average molecular weight is 226 g/mol. The highest BCUT2D eigenvalue weighted by Crippen LogP contribution is 2.10. The van der Waals surface area contributed by atoms with E-state index >= 15 is 0 Å². The second kappa shape index (κ2) is 4.87. The van der Waals surface area contributed by atoms with Gasteiger partial charge in [0.15, 0.2) is 5.78 Å². The van der Waals surface area contributed by atoms with Crippen LogP contribution >= 0.6 is 0 Å². The summed E-state index contributed by atoms with van der Waals surface area (Å²) in [6.45, 7) is 3.65. The molecule has 3 nitrogen and oxygen atoms in total. The van der Waals surface area contributed by atoms with Crippen LogP contribution in [0.3, 0.4) is 0 Å². The molecule has 86 valence electrons. The van der Waals surface area contributed by atoms with Crippen molar-refractivity contribution in [1.29, 1.82) is 0 Å². The van der Waals surface area contributed by atoms with Gasteiger partial charge in [-0.1, -0.05) is 30.3 Å². The molecule has 0 N–H and O–H groups in total. The molecule has 0 aliphatic heterocycles. The lowest BCUT2D eigenvalue weighted by Crippen LogP contribution is -2.08. The van der Waals surface area contributed by atoms with Crippen LogP contribution in [0.15, 0.2) is 36.4 Å². The highest BCUT2D eigenvalue weighted by molar-refractivity contribution is 5.98. The molecule has 0 amide bonds. The molecule has 0 aliphatic carbocycles. The number of hydrogen-bond acceptors (Lipinski definition) is 3. The van der Waals surface area contributed by atoms with Crippen molar-refractivity contribution in [3.63, 3.8) is 0 Å². The summed E-state index contributed by atoms with van der Waals surface area (Å²) in [5, 5.41) is 7.90. The normalized spacial score (nSPS) is 10.2. The fourth-order valence-corrected chi connectivity index (χ4v) is 1.71. The first kappa shape index (κ1) is 11.5. The third kappa shape index (κ3) is 2.75. The molecular weight excluding hydrogens is 212 g/mol. The summed E-state index contributed by atoms with van der Waals surface area (Å²) in [6.07, 6.45) is 0.410. The van der Waals surface area contributed by atoms with E-state index < -0.39 is 0 Å². The number of aromatic nitrogens is 2. The zero-order valence-corrected chi connectivity index (χ0v) is 9.97. The van der Waals surface area contributed by atoms with Gasteiger partial charge in [-0.3, -0.25) is 4.79 Å². The molecule has 0 bridgehead atoms. The first-order chi connectivity index (χ1) is 8.16. The summed E-state index contributed by atoms with van der Waals surface area (Å²) in [5.41, 5.74) is 3.15. The highest BCUT2D eigenvalue weighted by Gasteiger charge is 2.11. The van der Waals surface area contributed by atoms with Crippen LogP contribution in [-0.4, -0.2) is 16.0 Å². The van der Waals surface area contributed by atoms with E-state index in [2.05, 4.69) is 10.2 Å². The van der Waals surface area contributed by atoms with Crippen LogP contribution < -0.4 is 0 Å². The van der Waals surface area contributed by atoms with Gasteiger partial charge in [0.2, 0.25) is 0 Å². The molecule has 0 unspecified atom stereocenters. The molecule has 0 fully saturated rings. The first-order valence-corrected chi connectivity index (χ1v) is 5.55. The number of Topliss-reactive ketones (excluding diaryl/α,β-unsaturated/α-hetero) is 1. The summed E-state index contributed by atoms with van der Waals surface area (Å²) >= 11 is 0. The summed E-state index contributed by atoms with van der Waals surface area (Å²) in [5.74, 6) is 0.0895. The predicted molar refractivity (Wildman–Crippen MR) is 66.0 cm³/mol. The third-order valence-corrected chi connectivity index (χ3v) is 2.61. The summed E-state index contributed by atoms with van der Waals surface area (Å²) in [7, 11) is 0.